The number of hydrazone groups is 1. The fourth-order valence-corrected chi connectivity index (χ4v) is 2.61. The van der Waals surface area contributed by atoms with Crippen molar-refractivity contribution < 1.29 is 9.53 Å². The van der Waals surface area contributed by atoms with Gasteiger partial charge in [0.25, 0.3) is 0 Å². The van der Waals surface area contributed by atoms with Crippen molar-refractivity contribution in [3.8, 4) is 0 Å². The third kappa shape index (κ3) is 7.10. The first-order valence-electron chi connectivity index (χ1n) is 8.48. The van der Waals surface area contributed by atoms with Crippen molar-refractivity contribution in [1.29, 1.82) is 0 Å². The molecule has 25 heavy (non-hydrogen) atoms. The van der Waals surface area contributed by atoms with Crippen LogP contribution < -0.4 is 5.43 Å². The summed E-state index contributed by atoms with van der Waals surface area (Å²) in [6.45, 7) is 2.26. The van der Waals surface area contributed by atoms with E-state index in [1.165, 1.54) is 0 Å². The van der Waals surface area contributed by atoms with Crippen molar-refractivity contribution in [2.45, 2.75) is 32.6 Å². The van der Waals surface area contributed by atoms with Gasteiger partial charge >= 0.3 is 5.97 Å². The molecule has 0 radical (unpaired) electrons. The van der Waals surface area contributed by atoms with E-state index >= 15 is 0 Å². The number of benzene rings is 2. The summed E-state index contributed by atoms with van der Waals surface area (Å²) in [6, 6.07) is 18.0. The molecule has 0 atom stereocenters. The lowest BCUT2D eigenvalue weighted by atomic mass is 10.0. The minimum absolute atomic E-state index is 0.131. The number of halogens is 1. The van der Waals surface area contributed by atoms with Crippen LogP contribution in [0.15, 0.2) is 64.2 Å². The number of esters is 1. The van der Waals surface area contributed by atoms with Gasteiger partial charge in [0.05, 0.1) is 18.0 Å². The molecule has 2 aromatic rings. The molecule has 5 heteroatoms. The zero-order valence-electron chi connectivity index (χ0n) is 14.4. The number of hydrogen-bond donors (Lipinski definition) is 1. The SMILES string of the molecule is CCOC(=O)CCCC/C(=N\Nc1ccc(Br)cc1)c1ccccc1. The summed E-state index contributed by atoms with van der Waals surface area (Å²) in [5.41, 5.74) is 6.11. The molecule has 0 saturated heterocycles. The second-order valence-corrected chi connectivity index (χ2v) is 6.47. The van der Waals surface area contributed by atoms with E-state index in [0.29, 0.717) is 13.0 Å². The third-order valence-electron chi connectivity index (χ3n) is 3.62. The van der Waals surface area contributed by atoms with Gasteiger partial charge in [0.1, 0.15) is 0 Å². The van der Waals surface area contributed by atoms with Gasteiger partial charge in [-0.2, -0.15) is 5.10 Å². The number of carbonyl (C=O) groups is 1. The molecule has 0 heterocycles. The van der Waals surface area contributed by atoms with Crippen molar-refractivity contribution in [3.05, 3.63) is 64.6 Å². The number of nitrogens with one attached hydrogen (secondary N) is 1. The molecular formula is C20H23BrN2O2. The largest absolute Gasteiger partial charge is 0.466 e. The van der Waals surface area contributed by atoms with E-state index in [9.17, 15) is 4.79 Å². The molecule has 0 aliphatic heterocycles. The summed E-state index contributed by atoms with van der Waals surface area (Å²) in [6.07, 6.45) is 2.93. The Labute approximate surface area is 157 Å². The second kappa shape index (κ2) is 10.7. The lowest BCUT2D eigenvalue weighted by molar-refractivity contribution is -0.143. The van der Waals surface area contributed by atoms with Gasteiger partial charge in [0.15, 0.2) is 0 Å². The average molecular weight is 403 g/mol. The number of rotatable bonds is 9. The molecule has 0 aliphatic carbocycles. The van der Waals surface area contributed by atoms with E-state index in [2.05, 4.69) is 26.5 Å². The molecule has 0 saturated carbocycles. The highest BCUT2D eigenvalue weighted by molar-refractivity contribution is 9.10. The van der Waals surface area contributed by atoms with Crippen LogP contribution >= 0.6 is 15.9 Å². The number of ether oxygens (including phenoxy) is 1. The van der Waals surface area contributed by atoms with Crippen LogP contribution in [0.1, 0.15) is 38.2 Å². The molecule has 2 aromatic carbocycles. The van der Waals surface area contributed by atoms with E-state index in [0.717, 1.165) is 40.7 Å². The van der Waals surface area contributed by atoms with Gasteiger partial charge in [-0.3, -0.25) is 10.2 Å². The van der Waals surface area contributed by atoms with Crippen LogP contribution in [0.4, 0.5) is 5.69 Å². The predicted octanol–water partition coefficient (Wildman–Crippen LogP) is 5.39. The van der Waals surface area contributed by atoms with Crippen LogP contribution in [0, 0.1) is 0 Å². The maximum atomic E-state index is 11.4. The van der Waals surface area contributed by atoms with Gasteiger partial charge in [0.2, 0.25) is 0 Å². The van der Waals surface area contributed by atoms with Crippen LogP contribution in [-0.4, -0.2) is 18.3 Å². The number of nitrogens with zero attached hydrogens (tertiary/aromatic N) is 1. The molecule has 0 aliphatic rings. The van der Waals surface area contributed by atoms with Crippen LogP contribution in [-0.2, 0) is 9.53 Å². The first-order valence-corrected chi connectivity index (χ1v) is 9.27. The van der Waals surface area contributed by atoms with Crippen LogP contribution in [0.3, 0.4) is 0 Å². The number of unbranched alkanes of at least 4 members (excludes halogenated alkanes) is 1. The Morgan fingerprint density at radius 3 is 2.40 bits per heavy atom. The smallest absolute Gasteiger partial charge is 0.305 e. The Morgan fingerprint density at radius 2 is 1.72 bits per heavy atom. The Balaban J connectivity index is 1.97. The van der Waals surface area contributed by atoms with Crippen molar-refractivity contribution in [2.75, 3.05) is 12.0 Å². The highest BCUT2D eigenvalue weighted by atomic mass is 79.9. The van der Waals surface area contributed by atoms with E-state index < -0.39 is 0 Å². The highest BCUT2D eigenvalue weighted by Crippen LogP contribution is 2.15. The summed E-state index contributed by atoms with van der Waals surface area (Å²) >= 11 is 3.43. The van der Waals surface area contributed by atoms with E-state index in [1.807, 2.05) is 61.5 Å². The first kappa shape index (κ1) is 19.2. The summed E-state index contributed by atoms with van der Waals surface area (Å²) < 4.78 is 5.99. The highest BCUT2D eigenvalue weighted by Gasteiger charge is 2.06. The van der Waals surface area contributed by atoms with Gasteiger partial charge < -0.3 is 4.74 Å². The predicted molar refractivity (Wildman–Crippen MR) is 106 cm³/mol. The normalized spacial score (nSPS) is 11.2. The van der Waals surface area contributed by atoms with Gasteiger partial charge in [-0.25, -0.2) is 0 Å². The van der Waals surface area contributed by atoms with Crippen molar-refractivity contribution in [3.63, 3.8) is 0 Å². The summed E-state index contributed by atoms with van der Waals surface area (Å²) in [5, 5.41) is 4.58. The molecule has 0 bridgehead atoms. The van der Waals surface area contributed by atoms with E-state index in [1.54, 1.807) is 0 Å². The molecule has 1 N–H and O–H groups in total. The maximum Gasteiger partial charge on any atom is 0.305 e. The van der Waals surface area contributed by atoms with Crippen LogP contribution in [0.2, 0.25) is 0 Å². The molecule has 4 nitrogen and oxygen atoms in total. The van der Waals surface area contributed by atoms with Gasteiger partial charge in [-0.15, -0.1) is 0 Å². The van der Waals surface area contributed by atoms with Gasteiger partial charge in [-0.1, -0.05) is 46.3 Å². The molecule has 0 amide bonds. The second-order valence-electron chi connectivity index (χ2n) is 5.56. The van der Waals surface area contributed by atoms with Crippen molar-refractivity contribution >= 4 is 33.3 Å². The van der Waals surface area contributed by atoms with Crippen LogP contribution in [0.5, 0.6) is 0 Å². The lowest BCUT2D eigenvalue weighted by Crippen LogP contribution is -2.06. The zero-order chi connectivity index (χ0) is 17.9. The monoisotopic (exact) mass is 402 g/mol. The first-order chi connectivity index (χ1) is 12.2. The fourth-order valence-electron chi connectivity index (χ4n) is 2.35. The Kier molecular flexibility index (Phi) is 8.19. The summed E-state index contributed by atoms with van der Waals surface area (Å²) in [5.74, 6) is -0.131. The molecule has 0 spiro atoms. The number of carbonyl (C=O) groups excluding carboxylic acids is 1. The Morgan fingerprint density at radius 1 is 1.04 bits per heavy atom. The zero-order valence-corrected chi connectivity index (χ0v) is 16.0. The molecular weight excluding hydrogens is 380 g/mol. The lowest BCUT2D eigenvalue weighted by Gasteiger charge is -2.08. The molecule has 0 fully saturated rings. The Hall–Kier alpha value is -2.14. The van der Waals surface area contributed by atoms with Gasteiger partial charge in [-0.05, 0) is 56.0 Å². The number of hydrogen-bond acceptors (Lipinski definition) is 4. The fraction of sp³-hybridized carbons (Fsp3) is 0.300. The summed E-state index contributed by atoms with van der Waals surface area (Å²) in [7, 11) is 0. The van der Waals surface area contributed by atoms with Gasteiger partial charge in [0, 0.05) is 10.9 Å². The molecule has 2 rings (SSSR count). The summed E-state index contributed by atoms with van der Waals surface area (Å²) in [4.78, 5) is 11.4. The van der Waals surface area contributed by atoms with Crippen molar-refractivity contribution in [2.24, 2.45) is 5.10 Å². The minimum atomic E-state index is -0.131. The minimum Gasteiger partial charge on any atom is -0.466 e. The van der Waals surface area contributed by atoms with Crippen molar-refractivity contribution in [1.82, 2.24) is 0 Å². The number of anilines is 1. The standard InChI is InChI=1S/C20H23BrN2O2/c1-2-25-20(24)11-7-6-10-19(16-8-4-3-5-9-16)23-22-18-14-12-17(21)13-15-18/h3-5,8-9,12-15,22H,2,6-7,10-11H2,1H3/b23-19+. The topological polar surface area (TPSA) is 50.7 Å². The molecule has 0 aromatic heterocycles. The van der Waals surface area contributed by atoms with E-state index in [-0.39, 0.29) is 5.97 Å². The maximum absolute atomic E-state index is 11.4. The quantitative estimate of drug-likeness (QED) is 0.264. The average Bonchev–Trinajstić information content (AvgIpc) is 2.63. The third-order valence-corrected chi connectivity index (χ3v) is 4.15. The van der Waals surface area contributed by atoms with E-state index in [4.69, 9.17) is 4.74 Å². The molecule has 0 unspecified atom stereocenters. The Bertz CT molecular complexity index is 685. The van der Waals surface area contributed by atoms with Crippen LogP contribution in [0.25, 0.3) is 0 Å². The molecule has 132 valence electrons.